The molecule has 2 nitrogen and oxygen atoms in total. The minimum Gasteiger partial charge on any atom is -0.309 e. The molecule has 21 heavy (non-hydrogen) atoms. The summed E-state index contributed by atoms with van der Waals surface area (Å²) in [7, 11) is 0. The van der Waals surface area contributed by atoms with Crippen molar-refractivity contribution in [3.05, 3.63) is 59.4 Å². The highest BCUT2D eigenvalue weighted by Gasteiger charge is 2.09. The van der Waals surface area contributed by atoms with Crippen molar-refractivity contribution >= 4 is 11.8 Å². The summed E-state index contributed by atoms with van der Waals surface area (Å²) >= 11 is 1.85. The largest absolute Gasteiger partial charge is 0.309 e. The number of benzene rings is 1. The van der Waals surface area contributed by atoms with Gasteiger partial charge < -0.3 is 5.32 Å². The first-order chi connectivity index (χ1) is 10.2. The molecule has 112 valence electrons. The Kier molecular flexibility index (Phi) is 6.27. The summed E-state index contributed by atoms with van der Waals surface area (Å²) < 4.78 is 0. The maximum atomic E-state index is 4.62. The van der Waals surface area contributed by atoms with Crippen LogP contribution in [0.3, 0.4) is 0 Å². The average Bonchev–Trinajstić information content (AvgIpc) is 2.52. The van der Waals surface area contributed by atoms with Crippen LogP contribution in [0.25, 0.3) is 0 Å². The van der Waals surface area contributed by atoms with Gasteiger partial charge in [0.05, 0.1) is 5.69 Å². The third kappa shape index (κ3) is 4.58. The van der Waals surface area contributed by atoms with Crippen molar-refractivity contribution in [3.63, 3.8) is 0 Å². The van der Waals surface area contributed by atoms with Crippen LogP contribution < -0.4 is 5.32 Å². The zero-order valence-electron chi connectivity index (χ0n) is 13.1. The van der Waals surface area contributed by atoms with Crippen LogP contribution in [-0.4, -0.2) is 11.5 Å². The maximum Gasteiger partial charge on any atom is 0.0573 e. The van der Waals surface area contributed by atoms with Crippen LogP contribution in [0, 0.1) is 6.92 Å². The van der Waals surface area contributed by atoms with Gasteiger partial charge in [0.25, 0.3) is 0 Å². The molecule has 1 aromatic carbocycles. The van der Waals surface area contributed by atoms with Crippen molar-refractivity contribution in [2.24, 2.45) is 0 Å². The lowest BCUT2D eigenvalue weighted by molar-refractivity contribution is 0.524. The van der Waals surface area contributed by atoms with Gasteiger partial charge in [0.1, 0.15) is 0 Å². The molecule has 2 rings (SSSR count). The lowest BCUT2D eigenvalue weighted by atomic mass is 10.1. The molecule has 0 amide bonds. The van der Waals surface area contributed by atoms with Crippen LogP contribution in [0.5, 0.6) is 0 Å². The molecule has 3 heteroatoms. The van der Waals surface area contributed by atoms with Gasteiger partial charge >= 0.3 is 0 Å². The maximum absolute atomic E-state index is 4.62. The SMILES string of the molecule is CCNC(CC)c1ccc(SCc2ccccc2C)cn1. The molecule has 0 fully saturated rings. The van der Waals surface area contributed by atoms with Gasteiger partial charge in [-0.05, 0) is 43.1 Å². The van der Waals surface area contributed by atoms with Gasteiger partial charge in [0, 0.05) is 22.9 Å². The van der Waals surface area contributed by atoms with Gasteiger partial charge in [-0.15, -0.1) is 11.8 Å². The summed E-state index contributed by atoms with van der Waals surface area (Å²) in [5, 5.41) is 3.46. The summed E-state index contributed by atoms with van der Waals surface area (Å²) in [6.45, 7) is 7.47. The predicted molar refractivity (Wildman–Crippen MR) is 91.7 cm³/mol. The van der Waals surface area contributed by atoms with Crippen molar-refractivity contribution in [2.45, 2.75) is 43.9 Å². The summed E-state index contributed by atoms with van der Waals surface area (Å²) in [5.74, 6) is 0.998. The van der Waals surface area contributed by atoms with Gasteiger partial charge in [0.2, 0.25) is 0 Å². The quantitative estimate of drug-likeness (QED) is 0.747. The van der Waals surface area contributed by atoms with E-state index in [0.717, 1.165) is 24.4 Å². The Bertz CT molecular complexity index is 551. The van der Waals surface area contributed by atoms with Gasteiger partial charge in [0.15, 0.2) is 0 Å². The normalized spacial score (nSPS) is 12.3. The average molecular weight is 300 g/mol. The Morgan fingerprint density at radius 2 is 1.95 bits per heavy atom. The first kappa shape index (κ1) is 16.1. The summed E-state index contributed by atoms with van der Waals surface area (Å²) in [6.07, 6.45) is 3.06. The highest BCUT2D eigenvalue weighted by atomic mass is 32.2. The Labute approximate surface area is 132 Å². The zero-order valence-corrected chi connectivity index (χ0v) is 13.9. The smallest absolute Gasteiger partial charge is 0.0573 e. The fourth-order valence-electron chi connectivity index (χ4n) is 2.32. The molecular weight excluding hydrogens is 276 g/mol. The number of nitrogens with one attached hydrogen (secondary N) is 1. The second-order valence-corrected chi connectivity index (χ2v) is 6.20. The number of hydrogen-bond acceptors (Lipinski definition) is 3. The van der Waals surface area contributed by atoms with Crippen LogP contribution in [0.15, 0.2) is 47.5 Å². The fourth-order valence-corrected chi connectivity index (χ4v) is 3.26. The van der Waals surface area contributed by atoms with Crippen molar-refractivity contribution in [2.75, 3.05) is 6.54 Å². The monoisotopic (exact) mass is 300 g/mol. The molecule has 0 spiro atoms. The van der Waals surface area contributed by atoms with E-state index >= 15 is 0 Å². The van der Waals surface area contributed by atoms with E-state index in [1.54, 1.807) is 0 Å². The predicted octanol–water partition coefficient (Wildman–Crippen LogP) is 4.74. The molecule has 1 heterocycles. The van der Waals surface area contributed by atoms with Crippen LogP contribution in [0.4, 0.5) is 0 Å². The van der Waals surface area contributed by atoms with E-state index in [0.29, 0.717) is 6.04 Å². The second-order valence-electron chi connectivity index (χ2n) is 5.15. The standard InChI is InChI=1S/C18H24N2S/c1-4-17(19-5-2)18-11-10-16(12-20-18)21-13-15-9-7-6-8-14(15)3/h6-12,17,19H,4-5,13H2,1-3H3. The minimum atomic E-state index is 0.366. The highest BCUT2D eigenvalue weighted by Crippen LogP contribution is 2.25. The fraction of sp³-hybridized carbons (Fsp3) is 0.389. The van der Waals surface area contributed by atoms with Crippen molar-refractivity contribution in [3.8, 4) is 0 Å². The van der Waals surface area contributed by atoms with Gasteiger partial charge in [-0.3, -0.25) is 4.98 Å². The Morgan fingerprint density at radius 1 is 1.14 bits per heavy atom. The second kappa shape index (κ2) is 8.20. The summed E-state index contributed by atoms with van der Waals surface area (Å²) in [6, 6.07) is 13.3. The molecule has 0 saturated heterocycles. The lowest BCUT2D eigenvalue weighted by Gasteiger charge is -2.15. The molecule has 0 aliphatic carbocycles. The molecule has 0 bridgehead atoms. The Morgan fingerprint density at radius 3 is 2.57 bits per heavy atom. The molecule has 0 radical (unpaired) electrons. The zero-order chi connectivity index (χ0) is 15.1. The van der Waals surface area contributed by atoms with Crippen molar-refractivity contribution in [1.29, 1.82) is 0 Å². The first-order valence-electron chi connectivity index (χ1n) is 7.61. The molecule has 0 saturated carbocycles. The third-order valence-corrected chi connectivity index (χ3v) is 4.66. The van der Waals surface area contributed by atoms with E-state index in [1.165, 1.54) is 16.0 Å². The Hall–Kier alpha value is -1.32. The number of aromatic nitrogens is 1. The molecular formula is C18H24N2S. The van der Waals surface area contributed by atoms with Crippen LogP contribution in [0.2, 0.25) is 0 Å². The number of pyridine rings is 1. The Balaban J connectivity index is 1.98. The first-order valence-corrected chi connectivity index (χ1v) is 8.59. The molecule has 1 aromatic heterocycles. The number of thioether (sulfide) groups is 1. The lowest BCUT2D eigenvalue weighted by Crippen LogP contribution is -2.20. The minimum absolute atomic E-state index is 0.366. The highest BCUT2D eigenvalue weighted by molar-refractivity contribution is 7.98. The number of nitrogens with zero attached hydrogens (tertiary/aromatic N) is 1. The summed E-state index contributed by atoms with van der Waals surface area (Å²) in [4.78, 5) is 5.85. The number of hydrogen-bond donors (Lipinski definition) is 1. The topological polar surface area (TPSA) is 24.9 Å². The van der Waals surface area contributed by atoms with E-state index < -0.39 is 0 Å². The number of rotatable bonds is 7. The van der Waals surface area contributed by atoms with Crippen molar-refractivity contribution < 1.29 is 0 Å². The van der Waals surface area contributed by atoms with Crippen LogP contribution >= 0.6 is 11.8 Å². The molecule has 1 unspecified atom stereocenters. The third-order valence-electron chi connectivity index (χ3n) is 3.63. The summed E-state index contributed by atoms with van der Waals surface area (Å²) in [5.41, 5.74) is 3.89. The van der Waals surface area contributed by atoms with Crippen LogP contribution in [0.1, 0.15) is 43.1 Å². The van der Waals surface area contributed by atoms with Gasteiger partial charge in [-0.25, -0.2) is 0 Å². The molecule has 1 N–H and O–H groups in total. The molecule has 0 aliphatic rings. The van der Waals surface area contributed by atoms with Crippen molar-refractivity contribution in [1.82, 2.24) is 10.3 Å². The molecule has 1 atom stereocenters. The van der Waals surface area contributed by atoms with Gasteiger partial charge in [-0.1, -0.05) is 38.1 Å². The molecule has 0 aliphatic heterocycles. The molecule has 2 aromatic rings. The number of aryl methyl sites for hydroxylation is 1. The van der Waals surface area contributed by atoms with E-state index in [2.05, 4.69) is 67.5 Å². The van der Waals surface area contributed by atoms with E-state index in [-0.39, 0.29) is 0 Å². The van der Waals surface area contributed by atoms with E-state index in [1.807, 2.05) is 18.0 Å². The van der Waals surface area contributed by atoms with E-state index in [9.17, 15) is 0 Å². The van der Waals surface area contributed by atoms with E-state index in [4.69, 9.17) is 0 Å². The van der Waals surface area contributed by atoms with Gasteiger partial charge in [-0.2, -0.15) is 0 Å². The van der Waals surface area contributed by atoms with Crippen LogP contribution in [-0.2, 0) is 5.75 Å².